The molecular formula is C15H26N2O4. The van der Waals surface area contributed by atoms with E-state index >= 15 is 0 Å². The lowest BCUT2D eigenvalue weighted by molar-refractivity contribution is -0.149. The molecule has 0 spiro atoms. The van der Waals surface area contributed by atoms with Crippen molar-refractivity contribution in [3.63, 3.8) is 0 Å². The summed E-state index contributed by atoms with van der Waals surface area (Å²) in [6.45, 7) is 4.74. The predicted octanol–water partition coefficient (Wildman–Crippen LogP) is 1.89. The van der Waals surface area contributed by atoms with Gasteiger partial charge in [0.2, 0.25) is 0 Å². The van der Waals surface area contributed by atoms with Crippen LogP contribution in [0.25, 0.3) is 0 Å². The van der Waals surface area contributed by atoms with Gasteiger partial charge in [-0.25, -0.2) is 9.59 Å². The van der Waals surface area contributed by atoms with E-state index in [1.165, 1.54) is 6.42 Å². The Bertz CT molecular complexity index is 397. The Morgan fingerprint density at radius 1 is 1.24 bits per heavy atom. The van der Waals surface area contributed by atoms with Crippen LogP contribution in [0.15, 0.2) is 0 Å². The molecule has 3 atom stereocenters. The number of aliphatic carboxylic acids is 1. The second kappa shape index (κ2) is 6.64. The van der Waals surface area contributed by atoms with Gasteiger partial charge in [0, 0.05) is 12.6 Å². The second-order valence-corrected chi connectivity index (χ2v) is 6.80. The number of hydrogen-bond acceptors (Lipinski definition) is 3. The van der Waals surface area contributed by atoms with Crippen molar-refractivity contribution >= 4 is 12.0 Å². The Hall–Kier alpha value is -1.30. The van der Waals surface area contributed by atoms with E-state index in [1.807, 2.05) is 0 Å². The first-order valence-corrected chi connectivity index (χ1v) is 7.81. The van der Waals surface area contributed by atoms with Crippen LogP contribution in [0.5, 0.6) is 0 Å². The number of rotatable bonds is 4. The van der Waals surface area contributed by atoms with Crippen molar-refractivity contribution in [2.75, 3.05) is 6.54 Å². The van der Waals surface area contributed by atoms with Gasteiger partial charge in [0.05, 0.1) is 6.10 Å². The number of urea groups is 1. The average Bonchev–Trinajstić information content (AvgIpc) is 2.88. The van der Waals surface area contributed by atoms with Gasteiger partial charge in [0.15, 0.2) is 6.10 Å². The number of carboxylic acid groups (broad SMARTS) is 1. The van der Waals surface area contributed by atoms with Crippen LogP contribution >= 0.6 is 0 Å². The maximum atomic E-state index is 12.0. The van der Waals surface area contributed by atoms with Gasteiger partial charge in [-0.1, -0.05) is 26.7 Å². The van der Waals surface area contributed by atoms with Crippen LogP contribution in [-0.2, 0) is 9.53 Å². The Morgan fingerprint density at radius 2 is 2.00 bits per heavy atom. The van der Waals surface area contributed by atoms with Crippen LogP contribution in [0, 0.1) is 5.41 Å². The van der Waals surface area contributed by atoms with Gasteiger partial charge in [0.1, 0.15) is 0 Å². The van der Waals surface area contributed by atoms with E-state index in [0.717, 1.165) is 19.3 Å². The van der Waals surface area contributed by atoms with E-state index in [4.69, 9.17) is 9.84 Å². The molecule has 21 heavy (non-hydrogen) atoms. The molecule has 0 aromatic heterocycles. The fourth-order valence-corrected chi connectivity index (χ4v) is 3.21. The maximum absolute atomic E-state index is 12.0. The molecule has 0 bridgehead atoms. The number of carbonyl (C=O) groups excluding carboxylic acids is 1. The Kier molecular flexibility index (Phi) is 5.08. The zero-order valence-corrected chi connectivity index (χ0v) is 12.9. The summed E-state index contributed by atoms with van der Waals surface area (Å²) in [5, 5.41) is 14.7. The van der Waals surface area contributed by atoms with Gasteiger partial charge in [0.25, 0.3) is 0 Å². The SMILES string of the molecule is CC1(C)CCCCC1NC(=O)NCC1CCC(C(=O)O)O1. The van der Waals surface area contributed by atoms with E-state index in [9.17, 15) is 9.59 Å². The molecule has 1 aliphatic carbocycles. The summed E-state index contributed by atoms with van der Waals surface area (Å²) >= 11 is 0. The van der Waals surface area contributed by atoms with Crippen molar-refractivity contribution in [1.29, 1.82) is 0 Å². The molecule has 2 rings (SSSR count). The van der Waals surface area contributed by atoms with Crippen LogP contribution in [0.4, 0.5) is 4.79 Å². The van der Waals surface area contributed by atoms with Crippen molar-refractivity contribution < 1.29 is 19.4 Å². The number of carboxylic acids is 1. The number of hydrogen-bond donors (Lipinski definition) is 3. The standard InChI is InChI=1S/C15H26N2O4/c1-15(2)8-4-3-5-12(15)17-14(20)16-9-10-6-7-11(21-10)13(18)19/h10-12H,3-9H2,1-2H3,(H,18,19)(H2,16,17,20). The highest BCUT2D eigenvalue weighted by Gasteiger charge is 2.34. The minimum Gasteiger partial charge on any atom is -0.479 e. The minimum atomic E-state index is -0.925. The highest BCUT2D eigenvalue weighted by Crippen LogP contribution is 2.35. The molecule has 2 fully saturated rings. The summed E-state index contributed by atoms with van der Waals surface area (Å²) < 4.78 is 5.36. The zero-order chi connectivity index (χ0) is 15.5. The minimum absolute atomic E-state index is 0.133. The summed E-state index contributed by atoms with van der Waals surface area (Å²) in [4.78, 5) is 22.8. The molecule has 3 unspecified atom stereocenters. The molecule has 0 radical (unpaired) electrons. The Morgan fingerprint density at radius 3 is 2.62 bits per heavy atom. The predicted molar refractivity (Wildman–Crippen MR) is 78.1 cm³/mol. The van der Waals surface area contributed by atoms with Gasteiger partial charge >= 0.3 is 12.0 Å². The molecule has 1 saturated carbocycles. The molecule has 6 nitrogen and oxygen atoms in total. The lowest BCUT2D eigenvalue weighted by Crippen LogP contribution is -2.51. The van der Waals surface area contributed by atoms with Crippen molar-refractivity contribution in [3.8, 4) is 0 Å². The molecule has 6 heteroatoms. The van der Waals surface area contributed by atoms with E-state index in [0.29, 0.717) is 19.4 Å². The van der Waals surface area contributed by atoms with Crippen LogP contribution in [0.3, 0.4) is 0 Å². The van der Waals surface area contributed by atoms with E-state index in [-0.39, 0.29) is 23.6 Å². The van der Waals surface area contributed by atoms with Crippen molar-refractivity contribution in [2.45, 2.75) is 70.6 Å². The largest absolute Gasteiger partial charge is 0.479 e. The van der Waals surface area contributed by atoms with Gasteiger partial charge in [-0.15, -0.1) is 0 Å². The molecule has 2 aliphatic rings. The summed E-state index contributed by atoms with van der Waals surface area (Å²) in [6, 6.07) is 0.0138. The summed E-state index contributed by atoms with van der Waals surface area (Å²) in [6.07, 6.45) is 4.78. The third-order valence-electron chi connectivity index (χ3n) is 4.69. The summed E-state index contributed by atoms with van der Waals surface area (Å²) in [5.41, 5.74) is 0.133. The van der Waals surface area contributed by atoms with Gasteiger partial charge in [-0.05, 0) is 31.1 Å². The molecule has 1 saturated heterocycles. The molecule has 1 heterocycles. The smallest absolute Gasteiger partial charge is 0.332 e. The highest BCUT2D eigenvalue weighted by molar-refractivity contribution is 5.74. The number of carbonyl (C=O) groups is 2. The van der Waals surface area contributed by atoms with Crippen molar-refractivity contribution in [1.82, 2.24) is 10.6 Å². The third kappa shape index (κ3) is 4.33. The van der Waals surface area contributed by atoms with E-state index < -0.39 is 12.1 Å². The van der Waals surface area contributed by atoms with Crippen LogP contribution in [0.1, 0.15) is 52.4 Å². The highest BCUT2D eigenvalue weighted by atomic mass is 16.5. The molecular weight excluding hydrogens is 272 g/mol. The second-order valence-electron chi connectivity index (χ2n) is 6.80. The summed E-state index contributed by atoms with van der Waals surface area (Å²) in [7, 11) is 0. The van der Waals surface area contributed by atoms with Gasteiger partial charge in [-0.2, -0.15) is 0 Å². The number of amides is 2. The first kappa shape index (κ1) is 16.1. The maximum Gasteiger partial charge on any atom is 0.332 e. The summed E-state index contributed by atoms with van der Waals surface area (Å²) in [5.74, 6) is -0.925. The molecule has 0 aromatic rings. The van der Waals surface area contributed by atoms with Gasteiger partial charge < -0.3 is 20.5 Å². The fourth-order valence-electron chi connectivity index (χ4n) is 3.21. The Labute approximate surface area is 125 Å². The molecule has 120 valence electrons. The average molecular weight is 298 g/mol. The lowest BCUT2D eigenvalue weighted by Gasteiger charge is -2.39. The third-order valence-corrected chi connectivity index (χ3v) is 4.69. The number of nitrogens with one attached hydrogen (secondary N) is 2. The fraction of sp³-hybridized carbons (Fsp3) is 0.867. The first-order chi connectivity index (χ1) is 9.88. The van der Waals surface area contributed by atoms with Gasteiger partial charge in [-0.3, -0.25) is 0 Å². The van der Waals surface area contributed by atoms with E-state index in [1.54, 1.807) is 0 Å². The molecule has 0 aromatic carbocycles. The monoisotopic (exact) mass is 298 g/mol. The zero-order valence-electron chi connectivity index (χ0n) is 12.9. The van der Waals surface area contributed by atoms with Crippen molar-refractivity contribution in [2.24, 2.45) is 5.41 Å². The quantitative estimate of drug-likeness (QED) is 0.739. The van der Waals surface area contributed by atoms with Crippen LogP contribution in [-0.4, -0.2) is 41.9 Å². The molecule has 3 N–H and O–H groups in total. The topological polar surface area (TPSA) is 87.7 Å². The number of ether oxygens (including phenoxy) is 1. The molecule has 2 amide bonds. The normalized spacial score (nSPS) is 31.6. The van der Waals surface area contributed by atoms with Crippen LogP contribution < -0.4 is 10.6 Å². The Balaban J connectivity index is 1.72. The molecule has 1 aliphatic heterocycles. The first-order valence-electron chi connectivity index (χ1n) is 7.81. The van der Waals surface area contributed by atoms with Crippen LogP contribution in [0.2, 0.25) is 0 Å². The lowest BCUT2D eigenvalue weighted by atomic mass is 9.73. The van der Waals surface area contributed by atoms with E-state index in [2.05, 4.69) is 24.5 Å². The van der Waals surface area contributed by atoms with Crippen molar-refractivity contribution in [3.05, 3.63) is 0 Å².